The van der Waals surface area contributed by atoms with Crippen LogP contribution in [-0.4, -0.2) is 30.4 Å². The predicted molar refractivity (Wildman–Crippen MR) is 99.4 cm³/mol. The lowest BCUT2D eigenvalue weighted by Crippen LogP contribution is -2.39. The number of nitrogens with two attached hydrogens (primary N) is 1. The Balaban J connectivity index is 1.88. The van der Waals surface area contributed by atoms with E-state index in [2.05, 4.69) is 5.32 Å². The van der Waals surface area contributed by atoms with Crippen LogP contribution in [0.3, 0.4) is 0 Å². The molecule has 3 amide bonds. The average Bonchev–Trinajstić information content (AvgIpc) is 2.61. The van der Waals surface area contributed by atoms with Crippen molar-refractivity contribution >= 4 is 11.9 Å². The Kier molecular flexibility index (Phi) is 6.17. The maximum absolute atomic E-state index is 12.3. The van der Waals surface area contributed by atoms with Crippen LogP contribution in [0.4, 0.5) is 4.79 Å². The number of nitrogens with zero attached hydrogens (tertiary/aromatic N) is 1. The molecule has 2 aromatic carbocycles. The lowest BCUT2D eigenvalue weighted by atomic mass is 10.1. The number of nitrogens with one attached hydrogen (secondary N) is 1. The number of carbonyl (C=O) groups is 2. The summed E-state index contributed by atoms with van der Waals surface area (Å²) in [6, 6.07) is 15.2. The summed E-state index contributed by atoms with van der Waals surface area (Å²) in [5.41, 5.74) is 9.02. The van der Waals surface area contributed by atoms with Crippen LogP contribution in [0, 0.1) is 6.92 Å². The molecule has 0 aromatic heterocycles. The lowest BCUT2D eigenvalue weighted by molar-refractivity contribution is 0.1000. The van der Waals surface area contributed by atoms with E-state index in [4.69, 9.17) is 5.73 Å². The van der Waals surface area contributed by atoms with Gasteiger partial charge in [0.15, 0.2) is 0 Å². The first kappa shape index (κ1) is 18.5. The zero-order chi connectivity index (χ0) is 18.4. The fourth-order valence-corrected chi connectivity index (χ4v) is 2.56. The molecule has 0 spiro atoms. The largest absolute Gasteiger partial charge is 0.366 e. The summed E-state index contributed by atoms with van der Waals surface area (Å²) in [6.45, 7) is 4.53. The van der Waals surface area contributed by atoms with E-state index in [1.807, 2.05) is 44.2 Å². The van der Waals surface area contributed by atoms with E-state index in [1.54, 1.807) is 30.1 Å². The average molecular weight is 339 g/mol. The number of aryl methyl sites for hydroxylation is 1. The highest BCUT2D eigenvalue weighted by molar-refractivity contribution is 5.92. The van der Waals surface area contributed by atoms with Crippen LogP contribution in [0.25, 0.3) is 0 Å². The van der Waals surface area contributed by atoms with Crippen molar-refractivity contribution in [2.75, 3.05) is 13.6 Å². The van der Waals surface area contributed by atoms with E-state index in [-0.39, 0.29) is 12.1 Å². The molecule has 1 unspecified atom stereocenters. The molecule has 0 heterocycles. The standard InChI is InChI=1S/C20H25N3O2/c1-14-7-9-17(10-8-14)15(2)23(3)20(25)22-12-11-16-5-4-6-18(13-16)19(21)24/h4-10,13,15H,11-12H2,1-3H3,(H2,21,24)(H,22,25). The van der Waals surface area contributed by atoms with E-state index in [1.165, 1.54) is 5.56 Å². The Bertz CT molecular complexity index is 741. The highest BCUT2D eigenvalue weighted by Crippen LogP contribution is 2.19. The molecule has 0 saturated carbocycles. The molecule has 0 aliphatic carbocycles. The van der Waals surface area contributed by atoms with E-state index >= 15 is 0 Å². The third-order valence-electron chi connectivity index (χ3n) is 4.36. The first-order valence-electron chi connectivity index (χ1n) is 8.34. The summed E-state index contributed by atoms with van der Waals surface area (Å²) in [7, 11) is 1.79. The second-order valence-corrected chi connectivity index (χ2v) is 6.24. The summed E-state index contributed by atoms with van der Waals surface area (Å²) in [5.74, 6) is -0.447. The van der Waals surface area contributed by atoms with Gasteiger partial charge in [0, 0.05) is 19.2 Å². The van der Waals surface area contributed by atoms with Crippen LogP contribution in [0.1, 0.15) is 40.0 Å². The van der Waals surface area contributed by atoms with Crippen LogP contribution < -0.4 is 11.1 Å². The minimum atomic E-state index is -0.447. The van der Waals surface area contributed by atoms with Gasteiger partial charge in [0.2, 0.25) is 5.91 Å². The third-order valence-corrected chi connectivity index (χ3v) is 4.36. The molecule has 5 heteroatoms. The maximum atomic E-state index is 12.3. The Labute approximate surface area is 148 Å². The van der Waals surface area contributed by atoms with Crippen LogP contribution in [0.15, 0.2) is 48.5 Å². The minimum Gasteiger partial charge on any atom is -0.366 e. The van der Waals surface area contributed by atoms with Gasteiger partial charge in [-0.1, -0.05) is 42.0 Å². The Morgan fingerprint density at radius 1 is 1.16 bits per heavy atom. The number of urea groups is 1. The fraction of sp³-hybridized carbons (Fsp3) is 0.300. The number of rotatable bonds is 6. The molecular weight excluding hydrogens is 314 g/mol. The van der Waals surface area contributed by atoms with Gasteiger partial charge >= 0.3 is 6.03 Å². The first-order valence-corrected chi connectivity index (χ1v) is 8.34. The number of primary amides is 1. The number of hydrogen-bond acceptors (Lipinski definition) is 2. The van der Waals surface area contributed by atoms with Crippen LogP contribution in [-0.2, 0) is 6.42 Å². The van der Waals surface area contributed by atoms with Crippen molar-refractivity contribution in [3.05, 3.63) is 70.8 Å². The van der Waals surface area contributed by atoms with Gasteiger partial charge in [0.25, 0.3) is 0 Å². The summed E-state index contributed by atoms with van der Waals surface area (Å²) in [5, 5.41) is 2.91. The molecule has 2 rings (SSSR count). The molecule has 0 bridgehead atoms. The van der Waals surface area contributed by atoms with Gasteiger partial charge in [-0.25, -0.2) is 4.79 Å². The predicted octanol–water partition coefficient (Wildman–Crippen LogP) is 3.04. The fourth-order valence-electron chi connectivity index (χ4n) is 2.56. The van der Waals surface area contributed by atoms with Gasteiger partial charge < -0.3 is 16.0 Å². The summed E-state index contributed by atoms with van der Waals surface area (Å²) in [6.07, 6.45) is 0.639. The van der Waals surface area contributed by atoms with E-state index in [0.29, 0.717) is 18.5 Å². The molecule has 0 fully saturated rings. The molecule has 0 radical (unpaired) electrons. The molecule has 3 N–H and O–H groups in total. The van der Waals surface area contributed by atoms with E-state index < -0.39 is 5.91 Å². The second kappa shape index (κ2) is 8.33. The van der Waals surface area contributed by atoms with Crippen molar-refractivity contribution in [2.45, 2.75) is 26.3 Å². The normalized spacial score (nSPS) is 11.6. The number of hydrogen-bond donors (Lipinski definition) is 2. The zero-order valence-corrected chi connectivity index (χ0v) is 15.0. The molecule has 132 valence electrons. The smallest absolute Gasteiger partial charge is 0.317 e. The quantitative estimate of drug-likeness (QED) is 0.849. The van der Waals surface area contributed by atoms with Crippen LogP contribution in [0.5, 0.6) is 0 Å². The second-order valence-electron chi connectivity index (χ2n) is 6.24. The minimum absolute atomic E-state index is 0.0150. The van der Waals surface area contributed by atoms with Crippen molar-refractivity contribution in [1.82, 2.24) is 10.2 Å². The van der Waals surface area contributed by atoms with Crippen LogP contribution in [0.2, 0.25) is 0 Å². The zero-order valence-electron chi connectivity index (χ0n) is 15.0. The lowest BCUT2D eigenvalue weighted by Gasteiger charge is -2.25. The van der Waals surface area contributed by atoms with Gasteiger partial charge in [-0.15, -0.1) is 0 Å². The summed E-state index contributed by atoms with van der Waals surface area (Å²) in [4.78, 5) is 25.2. The molecule has 25 heavy (non-hydrogen) atoms. The van der Waals surface area contributed by atoms with Crippen molar-refractivity contribution in [3.8, 4) is 0 Å². The number of amides is 3. The van der Waals surface area contributed by atoms with Gasteiger partial charge in [-0.3, -0.25) is 4.79 Å². The number of benzene rings is 2. The molecule has 2 aromatic rings. The van der Waals surface area contributed by atoms with Crippen molar-refractivity contribution in [3.63, 3.8) is 0 Å². The third kappa shape index (κ3) is 5.08. The van der Waals surface area contributed by atoms with Crippen LogP contribution >= 0.6 is 0 Å². The first-order chi connectivity index (χ1) is 11.9. The highest BCUT2D eigenvalue weighted by atomic mass is 16.2. The Morgan fingerprint density at radius 2 is 1.84 bits per heavy atom. The highest BCUT2D eigenvalue weighted by Gasteiger charge is 2.16. The van der Waals surface area contributed by atoms with E-state index in [9.17, 15) is 9.59 Å². The van der Waals surface area contributed by atoms with Crippen molar-refractivity contribution in [1.29, 1.82) is 0 Å². The monoisotopic (exact) mass is 339 g/mol. The van der Waals surface area contributed by atoms with Crippen molar-refractivity contribution < 1.29 is 9.59 Å². The molecule has 0 aliphatic rings. The van der Waals surface area contributed by atoms with Gasteiger partial charge in [-0.2, -0.15) is 0 Å². The SMILES string of the molecule is Cc1ccc(C(C)N(C)C(=O)NCCc2cccc(C(N)=O)c2)cc1. The summed E-state index contributed by atoms with van der Waals surface area (Å²) >= 11 is 0. The molecule has 0 saturated heterocycles. The summed E-state index contributed by atoms with van der Waals surface area (Å²) < 4.78 is 0. The Hall–Kier alpha value is -2.82. The van der Waals surface area contributed by atoms with Gasteiger partial charge in [0.1, 0.15) is 0 Å². The Morgan fingerprint density at radius 3 is 2.48 bits per heavy atom. The van der Waals surface area contributed by atoms with E-state index in [0.717, 1.165) is 11.1 Å². The molecule has 1 atom stereocenters. The molecular formula is C20H25N3O2. The molecule has 5 nitrogen and oxygen atoms in total. The topological polar surface area (TPSA) is 75.4 Å². The van der Waals surface area contributed by atoms with Gasteiger partial charge in [0.05, 0.1) is 6.04 Å². The molecule has 0 aliphatic heterocycles. The number of carbonyl (C=O) groups excluding carboxylic acids is 2. The maximum Gasteiger partial charge on any atom is 0.317 e. The van der Waals surface area contributed by atoms with Crippen molar-refractivity contribution in [2.24, 2.45) is 5.73 Å². The van der Waals surface area contributed by atoms with Gasteiger partial charge in [-0.05, 0) is 43.5 Å².